The number of aromatic hydroxyl groups is 1. The lowest BCUT2D eigenvalue weighted by molar-refractivity contribution is 0.474. The van der Waals surface area contributed by atoms with Crippen LogP contribution in [-0.4, -0.2) is 16.3 Å². The highest BCUT2D eigenvalue weighted by Gasteiger charge is 2.12. The van der Waals surface area contributed by atoms with Crippen LogP contribution in [-0.2, 0) is 0 Å². The van der Waals surface area contributed by atoms with E-state index in [1.165, 1.54) is 0 Å². The maximum Gasteiger partial charge on any atom is 0.231 e. The second kappa shape index (κ2) is 7.30. The van der Waals surface area contributed by atoms with E-state index in [-0.39, 0.29) is 5.75 Å². The smallest absolute Gasteiger partial charge is 0.231 e. The van der Waals surface area contributed by atoms with Crippen molar-refractivity contribution >= 4 is 29.1 Å². The molecule has 1 N–H and O–H groups in total. The molecule has 27 heavy (non-hydrogen) atoms. The van der Waals surface area contributed by atoms with Crippen molar-refractivity contribution in [3.8, 4) is 17.2 Å². The molecule has 4 nitrogen and oxygen atoms in total. The van der Waals surface area contributed by atoms with Gasteiger partial charge in [-0.05, 0) is 48.4 Å². The molecule has 4 heteroatoms. The molecule has 0 spiro atoms. The Morgan fingerprint density at radius 3 is 2.67 bits per heavy atom. The number of aryl methyl sites for hydroxylation is 1. The van der Waals surface area contributed by atoms with E-state index in [2.05, 4.69) is 9.98 Å². The number of phenolic OH excluding ortho intramolecular Hbond substituents is 1. The largest absolute Gasteiger partial charge is 0.507 e. The molecule has 4 aromatic rings. The molecule has 0 atom stereocenters. The van der Waals surface area contributed by atoms with Gasteiger partial charge in [-0.1, -0.05) is 42.5 Å². The standard InChI is InChI=1S/C23H18N2O2/c1-16-9-12-22-20(14-16)25-23(27-22)19-11-10-18(15-21(19)26)24-13-5-8-17-6-3-2-4-7-17/h2-15,26H,1H3. The molecule has 0 aliphatic heterocycles. The van der Waals surface area contributed by atoms with Crippen LogP contribution >= 0.6 is 0 Å². The molecule has 0 saturated heterocycles. The molecular formula is C23H18N2O2. The predicted octanol–water partition coefficient (Wildman–Crippen LogP) is 5.92. The molecule has 3 aromatic carbocycles. The topological polar surface area (TPSA) is 58.6 Å². The zero-order valence-corrected chi connectivity index (χ0v) is 14.8. The molecule has 0 unspecified atom stereocenters. The van der Waals surface area contributed by atoms with Gasteiger partial charge in [-0.2, -0.15) is 0 Å². The third kappa shape index (κ3) is 3.80. The summed E-state index contributed by atoms with van der Waals surface area (Å²) in [7, 11) is 0. The Labute approximate surface area is 157 Å². The predicted molar refractivity (Wildman–Crippen MR) is 109 cm³/mol. The number of phenols is 1. The highest BCUT2D eigenvalue weighted by molar-refractivity contribution is 5.82. The summed E-state index contributed by atoms with van der Waals surface area (Å²) in [6.07, 6.45) is 5.53. The Balaban J connectivity index is 1.55. The highest BCUT2D eigenvalue weighted by atomic mass is 16.3. The van der Waals surface area contributed by atoms with Gasteiger partial charge in [0.1, 0.15) is 11.3 Å². The molecule has 1 aromatic heterocycles. The van der Waals surface area contributed by atoms with Gasteiger partial charge in [0.2, 0.25) is 5.89 Å². The number of fused-ring (bicyclic) bond motifs is 1. The second-order valence-corrected chi connectivity index (χ2v) is 6.24. The van der Waals surface area contributed by atoms with Crippen molar-refractivity contribution < 1.29 is 9.52 Å². The Kier molecular flexibility index (Phi) is 4.54. The minimum absolute atomic E-state index is 0.0833. The van der Waals surface area contributed by atoms with Gasteiger partial charge in [0.25, 0.3) is 0 Å². The average Bonchev–Trinajstić information content (AvgIpc) is 3.09. The third-order valence-electron chi connectivity index (χ3n) is 4.15. The van der Waals surface area contributed by atoms with Gasteiger partial charge in [-0.25, -0.2) is 4.98 Å². The molecule has 0 amide bonds. The van der Waals surface area contributed by atoms with Crippen molar-refractivity contribution in [1.82, 2.24) is 4.98 Å². The fraction of sp³-hybridized carbons (Fsp3) is 0.0435. The lowest BCUT2D eigenvalue weighted by atomic mass is 10.2. The molecule has 1 heterocycles. The molecule has 0 aliphatic rings. The Bertz CT molecular complexity index is 1140. The second-order valence-electron chi connectivity index (χ2n) is 6.24. The first kappa shape index (κ1) is 16.8. The van der Waals surface area contributed by atoms with E-state index < -0.39 is 0 Å². The zero-order valence-electron chi connectivity index (χ0n) is 14.8. The Morgan fingerprint density at radius 1 is 1.00 bits per heavy atom. The molecular weight excluding hydrogens is 336 g/mol. The van der Waals surface area contributed by atoms with Crippen molar-refractivity contribution in [2.75, 3.05) is 0 Å². The van der Waals surface area contributed by atoms with Crippen molar-refractivity contribution in [3.05, 3.63) is 83.9 Å². The third-order valence-corrected chi connectivity index (χ3v) is 4.15. The number of hydrogen-bond donors (Lipinski definition) is 1. The summed E-state index contributed by atoms with van der Waals surface area (Å²) in [4.78, 5) is 8.82. The van der Waals surface area contributed by atoms with Crippen LogP contribution in [0.15, 0.2) is 82.2 Å². The molecule has 0 aliphatic carbocycles. The molecule has 0 saturated carbocycles. The van der Waals surface area contributed by atoms with Gasteiger partial charge >= 0.3 is 0 Å². The van der Waals surface area contributed by atoms with E-state index >= 15 is 0 Å². The quantitative estimate of drug-likeness (QED) is 0.462. The fourth-order valence-corrected chi connectivity index (χ4v) is 2.78. The summed E-state index contributed by atoms with van der Waals surface area (Å²) in [5.41, 5.74) is 4.89. The number of aliphatic imine (C=N–C) groups is 1. The Hall–Kier alpha value is -3.66. The number of aromatic nitrogens is 1. The SMILES string of the molecule is Cc1ccc2oc(-c3ccc(N=CC=Cc4ccccc4)cc3O)nc2c1. The van der Waals surface area contributed by atoms with E-state index in [1.54, 1.807) is 18.3 Å². The highest BCUT2D eigenvalue weighted by Crippen LogP contribution is 2.33. The van der Waals surface area contributed by atoms with Crippen LogP contribution in [0.4, 0.5) is 5.69 Å². The summed E-state index contributed by atoms with van der Waals surface area (Å²) < 4.78 is 5.76. The van der Waals surface area contributed by atoms with Crippen LogP contribution in [0.3, 0.4) is 0 Å². The fourth-order valence-electron chi connectivity index (χ4n) is 2.78. The molecule has 0 fully saturated rings. The summed E-state index contributed by atoms with van der Waals surface area (Å²) in [6.45, 7) is 2.00. The number of benzene rings is 3. The summed E-state index contributed by atoms with van der Waals surface area (Å²) >= 11 is 0. The first-order valence-corrected chi connectivity index (χ1v) is 8.65. The number of nitrogens with zero attached hydrogens (tertiary/aromatic N) is 2. The van der Waals surface area contributed by atoms with Crippen LogP contribution in [0.1, 0.15) is 11.1 Å². The van der Waals surface area contributed by atoms with Crippen LogP contribution in [0.5, 0.6) is 5.75 Å². The van der Waals surface area contributed by atoms with E-state index in [0.29, 0.717) is 22.7 Å². The van der Waals surface area contributed by atoms with Gasteiger partial charge < -0.3 is 9.52 Å². The molecule has 132 valence electrons. The first-order valence-electron chi connectivity index (χ1n) is 8.65. The molecule has 4 rings (SSSR count). The average molecular weight is 354 g/mol. The minimum atomic E-state index is 0.0833. The van der Waals surface area contributed by atoms with Crippen LogP contribution in [0, 0.1) is 6.92 Å². The summed E-state index contributed by atoms with van der Waals surface area (Å²) in [6, 6.07) is 21.0. The summed E-state index contributed by atoms with van der Waals surface area (Å²) in [5.74, 6) is 0.479. The molecule has 0 radical (unpaired) electrons. The maximum absolute atomic E-state index is 10.4. The zero-order chi connectivity index (χ0) is 18.6. The van der Waals surface area contributed by atoms with E-state index in [9.17, 15) is 5.11 Å². The van der Waals surface area contributed by atoms with Crippen LogP contribution in [0.25, 0.3) is 28.6 Å². The van der Waals surface area contributed by atoms with Gasteiger partial charge in [0, 0.05) is 12.3 Å². The Morgan fingerprint density at radius 2 is 1.85 bits per heavy atom. The number of hydrogen-bond acceptors (Lipinski definition) is 4. The first-order chi connectivity index (χ1) is 13.2. The number of rotatable bonds is 4. The van der Waals surface area contributed by atoms with E-state index in [1.807, 2.05) is 73.7 Å². The number of allylic oxidation sites excluding steroid dienone is 1. The van der Waals surface area contributed by atoms with Crippen LogP contribution in [0.2, 0.25) is 0 Å². The normalized spacial score (nSPS) is 11.7. The monoisotopic (exact) mass is 354 g/mol. The van der Waals surface area contributed by atoms with Crippen molar-refractivity contribution in [2.24, 2.45) is 4.99 Å². The van der Waals surface area contributed by atoms with Crippen molar-refractivity contribution in [2.45, 2.75) is 6.92 Å². The van der Waals surface area contributed by atoms with Gasteiger partial charge in [0.05, 0.1) is 11.3 Å². The lowest BCUT2D eigenvalue weighted by Gasteiger charge is -2.01. The number of oxazole rings is 1. The van der Waals surface area contributed by atoms with E-state index in [0.717, 1.165) is 16.6 Å². The lowest BCUT2D eigenvalue weighted by Crippen LogP contribution is -1.79. The molecule has 0 bridgehead atoms. The van der Waals surface area contributed by atoms with Gasteiger partial charge in [0.15, 0.2) is 5.58 Å². The van der Waals surface area contributed by atoms with Crippen LogP contribution < -0.4 is 0 Å². The maximum atomic E-state index is 10.4. The van der Waals surface area contributed by atoms with Gasteiger partial charge in [-0.3, -0.25) is 4.99 Å². The van der Waals surface area contributed by atoms with E-state index in [4.69, 9.17) is 4.42 Å². The minimum Gasteiger partial charge on any atom is -0.507 e. The van der Waals surface area contributed by atoms with Crippen molar-refractivity contribution in [3.63, 3.8) is 0 Å². The van der Waals surface area contributed by atoms with Crippen molar-refractivity contribution in [1.29, 1.82) is 0 Å². The van der Waals surface area contributed by atoms with Gasteiger partial charge in [-0.15, -0.1) is 0 Å². The summed E-state index contributed by atoms with van der Waals surface area (Å²) in [5, 5.41) is 10.4.